The highest BCUT2D eigenvalue weighted by molar-refractivity contribution is 14.0. The topological polar surface area (TPSA) is 0 Å². The Morgan fingerprint density at radius 2 is 1.78 bits per heavy atom. The van der Waals surface area contributed by atoms with Crippen molar-refractivity contribution < 1.29 is 4.39 Å². The van der Waals surface area contributed by atoms with Crippen LogP contribution in [0, 0.1) is 5.92 Å². The minimum Gasteiger partial charge on any atom is -0.242 e. The van der Waals surface area contributed by atoms with Crippen molar-refractivity contribution in [2.75, 3.05) is 0 Å². The zero-order valence-electron chi connectivity index (χ0n) is 5.25. The number of rotatable bonds is 0. The fraction of sp³-hybridized carbons (Fsp3) is 0.429. The summed E-state index contributed by atoms with van der Waals surface area (Å²) in [5, 5.41) is 0. The number of halogens is 2. The van der Waals surface area contributed by atoms with Gasteiger partial charge in [0.25, 0.3) is 0 Å². The number of hydrogen-bond donors (Lipinski definition) is 0. The molecule has 0 saturated carbocycles. The van der Waals surface area contributed by atoms with E-state index in [0.717, 1.165) is 0 Å². The van der Waals surface area contributed by atoms with Gasteiger partial charge in [-0.3, -0.25) is 0 Å². The summed E-state index contributed by atoms with van der Waals surface area (Å²) in [7, 11) is 0. The predicted octanol–water partition coefficient (Wildman–Crippen LogP) is 2.70. The molecule has 2 atom stereocenters. The van der Waals surface area contributed by atoms with Crippen LogP contribution in [0.3, 0.4) is 0 Å². The van der Waals surface area contributed by atoms with Crippen LogP contribution in [0.1, 0.15) is 6.92 Å². The van der Waals surface area contributed by atoms with E-state index in [-0.39, 0.29) is 29.9 Å². The summed E-state index contributed by atoms with van der Waals surface area (Å²) < 4.78 is 12.4. The SMILES string of the molecule is CC1C=CC=C[C@H]1F.I. The second-order valence-electron chi connectivity index (χ2n) is 2.07. The summed E-state index contributed by atoms with van der Waals surface area (Å²) in [4.78, 5) is 0. The maximum atomic E-state index is 12.4. The van der Waals surface area contributed by atoms with E-state index in [1.807, 2.05) is 19.1 Å². The van der Waals surface area contributed by atoms with Crippen molar-refractivity contribution in [1.29, 1.82) is 0 Å². The molecule has 0 aromatic heterocycles. The zero-order chi connectivity index (χ0) is 5.98. The molecular formula is C7H10FI. The van der Waals surface area contributed by atoms with E-state index in [0.29, 0.717) is 0 Å². The number of allylic oxidation sites excluding steroid dienone is 4. The van der Waals surface area contributed by atoms with Crippen molar-refractivity contribution in [2.24, 2.45) is 5.92 Å². The Labute approximate surface area is 71.9 Å². The monoisotopic (exact) mass is 240 g/mol. The lowest BCUT2D eigenvalue weighted by Crippen LogP contribution is -2.08. The van der Waals surface area contributed by atoms with Crippen molar-refractivity contribution in [3.05, 3.63) is 24.3 Å². The third-order valence-electron chi connectivity index (χ3n) is 1.32. The number of alkyl halides is 1. The van der Waals surface area contributed by atoms with E-state index in [4.69, 9.17) is 0 Å². The molecule has 0 fully saturated rings. The second kappa shape index (κ2) is 4.04. The first-order valence-electron chi connectivity index (χ1n) is 2.80. The molecule has 0 N–H and O–H groups in total. The van der Waals surface area contributed by atoms with Crippen LogP contribution in [0.2, 0.25) is 0 Å². The Kier molecular flexibility index (Phi) is 4.10. The van der Waals surface area contributed by atoms with Gasteiger partial charge in [-0.15, -0.1) is 24.0 Å². The Hall–Kier alpha value is 0.140. The summed E-state index contributed by atoms with van der Waals surface area (Å²) >= 11 is 0. The van der Waals surface area contributed by atoms with Gasteiger partial charge in [0, 0.05) is 5.92 Å². The van der Waals surface area contributed by atoms with E-state index < -0.39 is 6.17 Å². The van der Waals surface area contributed by atoms with Crippen molar-refractivity contribution in [3.8, 4) is 0 Å². The largest absolute Gasteiger partial charge is 0.242 e. The lowest BCUT2D eigenvalue weighted by Gasteiger charge is -2.09. The van der Waals surface area contributed by atoms with Crippen molar-refractivity contribution in [3.63, 3.8) is 0 Å². The average Bonchev–Trinajstić information content (AvgIpc) is 1.77. The molecule has 2 heteroatoms. The lowest BCUT2D eigenvalue weighted by molar-refractivity contribution is 0.334. The molecule has 9 heavy (non-hydrogen) atoms. The van der Waals surface area contributed by atoms with Crippen LogP contribution in [0.5, 0.6) is 0 Å². The van der Waals surface area contributed by atoms with Crippen LogP contribution >= 0.6 is 24.0 Å². The normalized spacial score (nSPS) is 31.8. The first-order chi connectivity index (χ1) is 3.80. The molecule has 1 aliphatic rings. The Morgan fingerprint density at radius 1 is 1.22 bits per heavy atom. The highest BCUT2D eigenvalue weighted by Crippen LogP contribution is 2.13. The van der Waals surface area contributed by atoms with E-state index in [2.05, 4.69) is 0 Å². The fourth-order valence-electron chi connectivity index (χ4n) is 0.691. The van der Waals surface area contributed by atoms with Crippen LogP contribution < -0.4 is 0 Å². The number of hydrogen-bond acceptors (Lipinski definition) is 0. The summed E-state index contributed by atoms with van der Waals surface area (Å²) in [6.07, 6.45) is 6.29. The molecule has 0 aromatic rings. The van der Waals surface area contributed by atoms with E-state index in [1.165, 1.54) is 0 Å². The van der Waals surface area contributed by atoms with Crippen molar-refractivity contribution >= 4 is 24.0 Å². The maximum absolute atomic E-state index is 12.4. The Morgan fingerprint density at radius 3 is 2.11 bits per heavy atom. The summed E-state index contributed by atoms with van der Waals surface area (Å²) in [6, 6.07) is 0. The van der Waals surface area contributed by atoms with E-state index >= 15 is 0 Å². The highest BCUT2D eigenvalue weighted by atomic mass is 127. The first kappa shape index (κ1) is 9.14. The second-order valence-corrected chi connectivity index (χ2v) is 2.07. The molecule has 52 valence electrons. The van der Waals surface area contributed by atoms with Gasteiger partial charge in [-0.05, 0) is 0 Å². The zero-order valence-corrected chi connectivity index (χ0v) is 7.58. The predicted molar refractivity (Wildman–Crippen MR) is 47.8 cm³/mol. The molecule has 1 rings (SSSR count). The summed E-state index contributed by atoms with van der Waals surface area (Å²) in [6.45, 7) is 1.87. The van der Waals surface area contributed by atoms with E-state index in [1.54, 1.807) is 12.2 Å². The standard InChI is InChI=1S/C7H9F.HI/c1-6-4-2-3-5-7(6)8;/h2-7H,1H3;1H/t6?,7-;/m1./s1. The Bertz CT molecular complexity index is 113. The molecule has 0 bridgehead atoms. The lowest BCUT2D eigenvalue weighted by atomic mass is 10.0. The molecule has 0 spiro atoms. The smallest absolute Gasteiger partial charge is 0.125 e. The minimum absolute atomic E-state index is 0. The molecule has 0 nitrogen and oxygen atoms in total. The third-order valence-corrected chi connectivity index (χ3v) is 1.32. The Balaban J connectivity index is 0.000000640. The molecule has 0 aliphatic heterocycles. The van der Waals surface area contributed by atoms with Crippen LogP contribution in [0.4, 0.5) is 4.39 Å². The van der Waals surface area contributed by atoms with Gasteiger partial charge in [0.15, 0.2) is 0 Å². The molecule has 0 aromatic carbocycles. The maximum Gasteiger partial charge on any atom is 0.125 e. The summed E-state index contributed by atoms with van der Waals surface area (Å²) in [5.74, 6) is 0.0694. The average molecular weight is 240 g/mol. The third kappa shape index (κ3) is 2.47. The molecule has 0 saturated heterocycles. The van der Waals surface area contributed by atoms with Crippen LogP contribution in [-0.4, -0.2) is 6.17 Å². The van der Waals surface area contributed by atoms with Gasteiger partial charge >= 0.3 is 0 Å². The van der Waals surface area contributed by atoms with Gasteiger partial charge in [-0.1, -0.05) is 31.2 Å². The quantitative estimate of drug-likeness (QED) is 0.571. The van der Waals surface area contributed by atoms with Crippen molar-refractivity contribution in [1.82, 2.24) is 0 Å². The first-order valence-corrected chi connectivity index (χ1v) is 2.80. The van der Waals surface area contributed by atoms with Gasteiger partial charge < -0.3 is 0 Å². The van der Waals surface area contributed by atoms with Gasteiger partial charge in [0.05, 0.1) is 0 Å². The fourth-order valence-corrected chi connectivity index (χ4v) is 0.691. The van der Waals surface area contributed by atoms with Crippen LogP contribution in [0.15, 0.2) is 24.3 Å². The molecule has 1 unspecified atom stereocenters. The van der Waals surface area contributed by atoms with Crippen molar-refractivity contribution in [2.45, 2.75) is 13.1 Å². The van der Waals surface area contributed by atoms with E-state index in [9.17, 15) is 4.39 Å². The molecule has 0 amide bonds. The van der Waals surface area contributed by atoms with Gasteiger partial charge in [0.1, 0.15) is 6.17 Å². The van der Waals surface area contributed by atoms with Gasteiger partial charge in [0.2, 0.25) is 0 Å². The van der Waals surface area contributed by atoms with Crippen LogP contribution in [0.25, 0.3) is 0 Å². The highest BCUT2D eigenvalue weighted by Gasteiger charge is 2.10. The molecule has 1 aliphatic carbocycles. The molecular weight excluding hydrogens is 230 g/mol. The summed E-state index contributed by atoms with van der Waals surface area (Å²) in [5.41, 5.74) is 0. The van der Waals surface area contributed by atoms with Gasteiger partial charge in [-0.25, -0.2) is 4.39 Å². The molecule has 0 heterocycles. The van der Waals surface area contributed by atoms with Gasteiger partial charge in [-0.2, -0.15) is 0 Å². The molecule has 0 radical (unpaired) electrons. The minimum atomic E-state index is -0.764. The van der Waals surface area contributed by atoms with Crippen LogP contribution in [-0.2, 0) is 0 Å².